The average Bonchev–Trinajstić information content (AvgIpc) is 3.21. The second-order valence-electron chi connectivity index (χ2n) is 5.22. The Morgan fingerprint density at radius 2 is 2.09 bits per heavy atom. The lowest BCUT2D eigenvalue weighted by molar-refractivity contribution is 0.0945. The maximum atomic E-state index is 12.7. The molecule has 6 heteroatoms. The van der Waals surface area contributed by atoms with Crippen molar-refractivity contribution >= 4 is 17.2 Å². The Labute approximate surface area is 138 Å². The molecule has 0 radical (unpaired) electrons. The molecule has 23 heavy (non-hydrogen) atoms. The quantitative estimate of drug-likeness (QED) is 0.756. The highest BCUT2D eigenvalue weighted by Crippen LogP contribution is 2.22. The van der Waals surface area contributed by atoms with Crippen LogP contribution in [0.3, 0.4) is 0 Å². The van der Waals surface area contributed by atoms with Gasteiger partial charge in [-0.1, -0.05) is 37.3 Å². The molecular formula is C17H18N4OS. The van der Waals surface area contributed by atoms with Gasteiger partial charge in [-0.25, -0.2) is 4.98 Å². The summed E-state index contributed by atoms with van der Waals surface area (Å²) in [6.07, 6.45) is 0.835. The van der Waals surface area contributed by atoms with Crippen molar-refractivity contribution in [3.8, 4) is 0 Å². The number of aromatic nitrogens is 3. The van der Waals surface area contributed by atoms with Crippen LogP contribution < -0.4 is 5.32 Å². The first kappa shape index (κ1) is 15.4. The molecule has 5 nitrogen and oxygen atoms in total. The minimum Gasteiger partial charge on any atom is -0.337 e. The lowest BCUT2D eigenvalue weighted by atomic mass is 10.1. The van der Waals surface area contributed by atoms with E-state index in [-0.39, 0.29) is 11.9 Å². The molecule has 118 valence electrons. The van der Waals surface area contributed by atoms with E-state index in [4.69, 9.17) is 0 Å². The third-order valence-electron chi connectivity index (χ3n) is 3.61. The van der Waals surface area contributed by atoms with Gasteiger partial charge < -0.3 is 5.32 Å². The maximum Gasteiger partial charge on any atom is 0.262 e. The van der Waals surface area contributed by atoms with Gasteiger partial charge in [-0.3, -0.25) is 9.89 Å². The fraction of sp³-hybridized carbons (Fsp3) is 0.235. The van der Waals surface area contributed by atoms with Gasteiger partial charge in [0.1, 0.15) is 11.9 Å². The van der Waals surface area contributed by atoms with Crippen LogP contribution in [0.1, 0.15) is 45.4 Å². The van der Waals surface area contributed by atoms with Gasteiger partial charge in [0.15, 0.2) is 5.82 Å². The number of H-pyrrole nitrogens is 1. The Morgan fingerprint density at radius 3 is 2.74 bits per heavy atom. The molecule has 0 aliphatic carbocycles. The third-order valence-corrected chi connectivity index (χ3v) is 4.57. The van der Waals surface area contributed by atoms with Crippen LogP contribution in [0.5, 0.6) is 0 Å². The number of benzene rings is 1. The van der Waals surface area contributed by atoms with Crippen molar-refractivity contribution in [3.63, 3.8) is 0 Å². The molecule has 0 fully saturated rings. The molecule has 0 aliphatic heterocycles. The fourth-order valence-electron chi connectivity index (χ4n) is 2.44. The lowest BCUT2D eigenvalue weighted by Gasteiger charge is -2.16. The van der Waals surface area contributed by atoms with Gasteiger partial charge in [0, 0.05) is 0 Å². The number of aryl methyl sites for hydroxylation is 2. The van der Waals surface area contributed by atoms with E-state index >= 15 is 0 Å². The Hall–Kier alpha value is -2.47. The molecule has 0 saturated heterocycles. The van der Waals surface area contributed by atoms with Crippen LogP contribution in [-0.2, 0) is 6.42 Å². The van der Waals surface area contributed by atoms with Crippen molar-refractivity contribution in [1.82, 2.24) is 20.5 Å². The molecule has 0 unspecified atom stereocenters. The largest absolute Gasteiger partial charge is 0.337 e. The Kier molecular flexibility index (Phi) is 4.52. The SMILES string of the molecule is CCc1ccsc1C(=O)N[C@H](c1ccccc1)c1n[nH]c(C)n1. The molecule has 0 bridgehead atoms. The van der Waals surface area contributed by atoms with E-state index in [2.05, 4.69) is 20.5 Å². The van der Waals surface area contributed by atoms with Crippen LogP contribution in [0.15, 0.2) is 41.8 Å². The lowest BCUT2D eigenvalue weighted by Crippen LogP contribution is -2.30. The first-order valence-corrected chi connectivity index (χ1v) is 8.38. The zero-order valence-corrected chi connectivity index (χ0v) is 13.9. The van der Waals surface area contributed by atoms with E-state index < -0.39 is 0 Å². The molecule has 1 atom stereocenters. The van der Waals surface area contributed by atoms with Crippen molar-refractivity contribution in [2.45, 2.75) is 26.3 Å². The summed E-state index contributed by atoms with van der Waals surface area (Å²) >= 11 is 1.46. The standard InChI is InChI=1S/C17H18N4OS/c1-3-12-9-10-23-15(12)17(22)19-14(13-7-5-4-6-8-13)16-18-11(2)20-21-16/h4-10,14H,3H2,1-2H3,(H,19,22)(H,18,20,21)/t14-/m1/s1. The average molecular weight is 326 g/mol. The van der Waals surface area contributed by atoms with Crippen molar-refractivity contribution in [3.05, 3.63) is 69.4 Å². The highest BCUT2D eigenvalue weighted by molar-refractivity contribution is 7.12. The van der Waals surface area contributed by atoms with Crippen molar-refractivity contribution in [1.29, 1.82) is 0 Å². The molecule has 3 rings (SSSR count). The molecular weight excluding hydrogens is 308 g/mol. The second kappa shape index (κ2) is 6.75. The Bertz CT molecular complexity index is 794. The summed E-state index contributed by atoms with van der Waals surface area (Å²) in [7, 11) is 0. The number of aromatic amines is 1. The zero-order valence-electron chi connectivity index (χ0n) is 13.0. The second-order valence-corrected chi connectivity index (χ2v) is 6.14. The predicted molar refractivity (Wildman–Crippen MR) is 90.6 cm³/mol. The molecule has 2 N–H and O–H groups in total. The smallest absolute Gasteiger partial charge is 0.262 e. The number of hydrogen-bond acceptors (Lipinski definition) is 4. The molecule has 3 aromatic rings. The van der Waals surface area contributed by atoms with Crippen molar-refractivity contribution in [2.24, 2.45) is 0 Å². The molecule has 2 heterocycles. The Balaban J connectivity index is 1.92. The van der Waals surface area contributed by atoms with Gasteiger partial charge in [-0.05, 0) is 35.9 Å². The maximum absolute atomic E-state index is 12.7. The van der Waals surface area contributed by atoms with Crippen LogP contribution in [0.4, 0.5) is 0 Å². The topological polar surface area (TPSA) is 70.7 Å². The summed E-state index contributed by atoms with van der Waals surface area (Å²) < 4.78 is 0. The summed E-state index contributed by atoms with van der Waals surface area (Å²) in [6, 6.07) is 11.4. The van der Waals surface area contributed by atoms with Crippen LogP contribution in [-0.4, -0.2) is 21.1 Å². The number of carbonyl (C=O) groups is 1. The van der Waals surface area contributed by atoms with Crippen LogP contribution >= 0.6 is 11.3 Å². The summed E-state index contributed by atoms with van der Waals surface area (Å²) in [5.74, 6) is 1.20. The summed E-state index contributed by atoms with van der Waals surface area (Å²) in [6.45, 7) is 3.89. The zero-order chi connectivity index (χ0) is 16.2. The number of amides is 1. The summed E-state index contributed by atoms with van der Waals surface area (Å²) in [5, 5.41) is 12.1. The summed E-state index contributed by atoms with van der Waals surface area (Å²) in [5.41, 5.74) is 2.01. The number of nitrogens with zero attached hydrogens (tertiary/aromatic N) is 2. The fourth-order valence-corrected chi connectivity index (χ4v) is 3.34. The molecule has 0 saturated carbocycles. The predicted octanol–water partition coefficient (Wildman–Crippen LogP) is 3.26. The normalized spacial score (nSPS) is 12.1. The van der Waals surface area contributed by atoms with E-state index in [1.807, 2.05) is 55.6 Å². The Morgan fingerprint density at radius 1 is 1.30 bits per heavy atom. The van der Waals surface area contributed by atoms with E-state index in [0.29, 0.717) is 5.82 Å². The van der Waals surface area contributed by atoms with Crippen LogP contribution in [0.2, 0.25) is 0 Å². The first-order valence-electron chi connectivity index (χ1n) is 7.50. The third kappa shape index (κ3) is 3.32. The first-order chi connectivity index (χ1) is 11.2. The number of hydrogen-bond donors (Lipinski definition) is 2. The van der Waals surface area contributed by atoms with Gasteiger partial charge in [-0.15, -0.1) is 11.3 Å². The molecule has 0 spiro atoms. The number of thiophene rings is 1. The molecule has 2 aromatic heterocycles. The highest BCUT2D eigenvalue weighted by Gasteiger charge is 2.23. The molecule has 0 aliphatic rings. The van der Waals surface area contributed by atoms with Gasteiger partial charge in [0.25, 0.3) is 5.91 Å². The number of carbonyl (C=O) groups excluding carboxylic acids is 1. The summed E-state index contributed by atoms with van der Waals surface area (Å²) in [4.78, 5) is 17.8. The minimum atomic E-state index is -0.375. The molecule has 1 aromatic carbocycles. The number of nitrogens with one attached hydrogen (secondary N) is 2. The van der Waals surface area contributed by atoms with Gasteiger partial charge >= 0.3 is 0 Å². The van der Waals surface area contributed by atoms with E-state index in [1.165, 1.54) is 11.3 Å². The van der Waals surface area contributed by atoms with Crippen molar-refractivity contribution in [2.75, 3.05) is 0 Å². The van der Waals surface area contributed by atoms with Crippen LogP contribution in [0.25, 0.3) is 0 Å². The van der Waals surface area contributed by atoms with E-state index in [1.54, 1.807) is 0 Å². The minimum absolute atomic E-state index is 0.0897. The van der Waals surface area contributed by atoms with E-state index in [0.717, 1.165) is 28.2 Å². The number of rotatable bonds is 5. The van der Waals surface area contributed by atoms with Gasteiger partial charge in [0.2, 0.25) is 0 Å². The highest BCUT2D eigenvalue weighted by atomic mass is 32.1. The monoisotopic (exact) mass is 326 g/mol. The van der Waals surface area contributed by atoms with Gasteiger partial charge in [0.05, 0.1) is 4.88 Å². The van der Waals surface area contributed by atoms with E-state index in [9.17, 15) is 4.79 Å². The van der Waals surface area contributed by atoms with Crippen LogP contribution in [0, 0.1) is 6.92 Å². The van der Waals surface area contributed by atoms with Gasteiger partial charge in [-0.2, -0.15) is 5.10 Å². The molecule has 1 amide bonds. The van der Waals surface area contributed by atoms with Crippen molar-refractivity contribution < 1.29 is 4.79 Å².